The maximum absolute atomic E-state index is 13.3. The summed E-state index contributed by atoms with van der Waals surface area (Å²) in [6.45, 7) is 3.92. The molecule has 2 saturated heterocycles. The maximum atomic E-state index is 13.3. The summed E-state index contributed by atoms with van der Waals surface area (Å²) in [7, 11) is 0. The van der Waals surface area contributed by atoms with Crippen LogP contribution in [0, 0.1) is 23.5 Å². The Morgan fingerprint density at radius 2 is 1.80 bits per heavy atom. The number of hydrogen-bond donors (Lipinski definition) is 1. The van der Waals surface area contributed by atoms with Gasteiger partial charge in [0.2, 0.25) is 5.95 Å². The fourth-order valence-corrected chi connectivity index (χ4v) is 3.19. The summed E-state index contributed by atoms with van der Waals surface area (Å²) in [6, 6.07) is 2.27. The van der Waals surface area contributed by atoms with Gasteiger partial charge in [0.1, 0.15) is 0 Å². The zero-order valence-electron chi connectivity index (χ0n) is 10.8. The van der Waals surface area contributed by atoms with E-state index in [0.29, 0.717) is 28.7 Å². The maximum Gasteiger partial charge on any atom is 0.225 e. The highest BCUT2D eigenvalue weighted by Crippen LogP contribution is 2.29. The van der Waals surface area contributed by atoms with Gasteiger partial charge < -0.3 is 10.2 Å². The molecule has 2 atom stereocenters. The molecule has 2 aliphatic rings. The summed E-state index contributed by atoms with van der Waals surface area (Å²) in [5, 5.41) is 3.90. The molecule has 1 N–H and O–H groups in total. The molecule has 0 bridgehead atoms. The van der Waals surface area contributed by atoms with Crippen LogP contribution in [0.4, 0.5) is 14.7 Å². The number of fused-ring (bicyclic) bond motifs is 2. The number of hydrogen-bond acceptors (Lipinski definition) is 4. The highest BCUT2D eigenvalue weighted by molar-refractivity contribution is 5.78. The van der Waals surface area contributed by atoms with Crippen LogP contribution in [0.3, 0.4) is 0 Å². The van der Waals surface area contributed by atoms with Crippen LogP contribution in [0.5, 0.6) is 0 Å². The first-order valence-corrected chi connectivity index (χ1v) is 6.78. The lowest BCUT2D eigenvalue weighted by molar-refractivity contribution is 0.510. The summed E-state index contributed by atoms with van der Waals surface area (Å²) in [4.78, 5) is 10.8. The Hall–Kier alpha value is -1.82. The minimum atomic E-state index is -0.871. The van der Waals surface area contributed by atoms with Crippen LogP contribution in [0.1, 0.15) is 0 Å². The normalized spacial score (nSPS) is 25.4. The predicted molar refractivity (Wildman–Crippen MR) is 71.5 cm³/mol. The van der Waals surface area contributed by atoms with Crippen LogP contribution in [0.15, 0.2) is 18.3 Å². The Labute approximate surface area is 114 Å². The van der Waals surface area contributed by atoms with Crippen molar-refractivity contribution in [3.8, 4) is 0 Å². The van der Waals surface area contributed by atoms with Crippen LogP contribution in [0.25, 0.3) is 10.9 Å². The second kappa shape index (κ2) is 4.34. The van der Waals surface area contributed by atoms with Crippen LogP contribution in [0.2, 0.25) is 0 Å². The van der Waals surface area contributed by atoms with E-state index >= 15 is 0 Å². The average molecular weight is 276 g/mol. The van der Waals surface area contributed by atoms with Crippen molar-refractivity contribution in [3.63, 3.8) is 0 Å². The van der Waals surface area contributed by atoms with Crippen LogP contribution >= 0.6 is 0 Å². The second-order valence-electron chi connectivity index (χ2n) is 5.58. The van der Waals surface area contributed by atoms with Crippen molar-refractivity contribution < 1.29 is 8.78 Å². The van der Waals surface area contributed by atoms with Crippen molar-refractivity contribution in [2.75, 3.05) is 31.1 Å². The molecule has 4 nitrogen and oxygen atoms in total. The number of aromatic nitrogens is 2. The molecule has 4 rings (SSSR count). The Bertz CT molecular complexity index is 664. The number of rotatable bonds is 1. The Morgan fingerprint density at radius 3 is 2.55 bits per heavy atom. The SMILES string of the molecule is Fc1cc2cnc(N3CC4CNCC4C3)nc2cc1F. The van der Waals surface area contributed by atoms with Gasteiger partial charge in [0.15, 0.2) is 11.6 Å². The fourth-order valence-electron chi connectivity index (χ4n) is 3.19. The molecule has 1 aromatic carbocycles. The number of benzene rings is 1. The van der Waals surface area contributed by atoms with Crippen LogP contribution in [-0.2, 0) is 0 Å². The summed E-state index contributed by atoms with van der Waals surface area (Å²) >= 11 is 0. The molecule has 2 unspecified atom stereocenters. The third kappa shape index (κ3) is 1.83. The third-order valence-electron chi connectivity index (χ3n) is 4.28. The molecule has 0 amide bonds. The first kappa shape index (κ1) is 12.0. The number of anilines is 1. The van der Waals surface area contributed by atoms with Crippen molar-refractivity contribution >= 4 is 16.9 Å². The van der Waals surface area contributed by atoms with E-state index in [4.69, 9.17) is 0 Å². The number of nitrogens with one attached hydrogen (secondary N) is 1. The average Bonchev–Trinajstić information content (AvgIpc) is 3.00. The van der Waals surface area contributed by atoms with Gasteiger partial charge in [-0.25, -0.2) is 18.7 Å². The van der Waals surface area contributed by atoms with E-state index in [0.717, 1.165) is 38.3 Å². The zero-order valence-corrected chi connectivity index (χ0v) is 10.8. The van der Waals surface area contributed by atoms with Crippen LogP contribution in [-0.4, -0.2) is 36.1 Å². The van der Waals surface area contributed by atoms with Crippen molar-refractivity contribution in [2.24, 2.45) is 11.8 Å². The van der Waals surface area contributed by atoms with Crippen molar-refractivity contribution in [1.82, 2.24) is 15.3 Å². The largest absolute Gasteiger partial charge is 0.340 e. The molecule has 0 spiro atoms. The van der Waals surface area contributed by atoms with E-state index in [9.17, 15) is 8.78 Å². The first-order valence-electron chi connectivity index (χ1n) is 6.78. The van der Waals surface area contributed by atoms with E-state index in [1.54, 1.807) is 6.20 Å². The van der Waals surface area contributed by atoms with Gasteiger partial charge in [0.25, 0.3) is 0 Å². The van der Waals surface area contributed by atoms with Gasteiger partial charge in [-0.05, 0) is 17.9 Å². The highest BCUT2D eigenvalue weighted by atomic mass is 19.2. The molecule has 1 aromatic heterocycles. The van der Waals surface area contributed by atoms with Crippen molar-refractivity contribution in [3.05, 3.63) is 30.0 Å². The minimum absolute atomic E-state index is 0.448. The topological polar surface area (TPSA) is 41.1 Å². The monoisotopic (exact) mass is 276 g/mol. The smallest absolute Gasteiger partial charge is 0.225 e. The van der Waals surface area contributed by atoms with Gasteiger partial charge in [-0.15, -0.1) is 0 Å². The molecule has 3 heterocycles. The molecule has 0 aliphatic carbocycles. The molecule has 2 aromatic rings. The second-order valence-corrected chi connectivity index (χ2v) is 5.58. The Kier molecular flexibility index (Phi) is 2.60. The van der Waals surface area contributed by atoms with E-state index < -0.39 is 11.6 Å². The summed E-state index contributed by atoms with van der Waals surface area (Å²) < 4.78 is 26.4. The predicted octanol–water partition coefficient (Wildman–Crippen LogP) is 1.56. The first-order chi connectivity index (χ1) is 9.70. The molecule has 2 fully saturated rings. The zero-order chi connectivity index (χ0) is 13.7. The Morgan fingerprint density at radius 1 is 1.10 bits per heavy atom. The van der Waals surface area contributed by atoms with Gasteiger partial charge in [0, 0.05) is 43.8 Å². The van der Waals surface area contributed by atoms with E-state index in [1.807, 2.05) is 0 Å². The molecular weight excluding hydrogens is 262 g/mol. The molecular formula is C14H14F2N4. The molecule has 104 valence electrons. The van der Waals surface area contributed by atoms with E-state index in [-0.39, 0.29) is 0 Å². The Balaban J connectivity index is 1.69. The van der Waals surface area contributed by atoms with Gasteiger partial charge in [-0.1, -0.05) is 0 Å². The lowest BCUT2D eigenvalue weighted by Crippen LogP contribution is -2.26. The lowest BCUT2D eigenvalue weighted by atomic mass is 10.0. The summed E-state index contributed by atoms with van der Waals surface area (Å²) in [5.41, 5.74) is 0.448. The summed E-state index contributed by atoms with van der Waals surface area (Å²) in [5.74, 6) is 0.150. The van der Waals surface area contributed by atoms with E-state index in [2.05, 4.69) is 20.2 Å². The van der Waals surface area contributed by atoms with Gasteiger partial charge in [0.05, 0.1) is 5.52 Å². The number of nitrogens with zero attached hydrogens (tertiary/aromatic N) is 3. The lowest BCUT2D eigenvalue weighted by Gasteiger charge is -2.17. The van der Waals surface area contributed by atoms with Crippen LogP contribution < -0.4 is 10.2 Å². The van der Waals surface area contributed by atoms with Gasteiger partial charge in [-0.3, -0.25) is 0 Å². The van der Waals surface area contributed by atoms with Crippen molar-refractivity contribution in [1.29, 1.82) is 0 Å². The molecule has 0 saturated carbocycles. The van der Waals surface area contributed by atoms with Gasteiger partial charge >= 0.3 is 0 Å². The highest BCUT2D eigenvalue weighted by Gasteiger charge is 2.37. The van der Waals surface area contributed by atoms with Crippen molar-refractivity contribution in [2.45, 2.75) is 0 Å². The third-order valence-corrected chi connectivity index (χ3v) is 4.28. The fraction of sp³-hybridized carbons (Fsp3) is 0.429. The standard InChI is InChI=1S/C14H14F2N4/c15-11-1-8-5-18-14(19-13(8)2-12(11)16)20-6-9-3-17-4-10(9)7-20/h1-2,5,9-10,17H,3-4,6-7H2. The quantitative estimate of drug-likeness (QED) is 0.858. The molecule has 20 heavy (non-hydrogen) atoms. The minimum Gasteiger partial charge on any atom is -0.340 e. The molecule has 2 aliphatic heterocycles. The summed E-state index contributed by atoms with van der Waals surface area (Å²) in [6.07, 6.45) is 1.56. The molecule has 0 radical (unpaired) electrons. The number of halogens is 2. The molecule has 6 heteroatoms. The van der Waals surface area contributed by atoms with Gasteiger partial charge in [-0.2, -0.15) is 0 Å². The van der Waals surface area contributed by atoms with E-state index in [1.165, 1.54) is 0 Å².